The van der Waals surface area contributed by atoms with E-state index in [1.807, 2.05) is 30.3 Å². The number of halogens is 2. The molecule has 0 radical (unpaired) electrons. The number of hydrogen-bond donors (Lipinski definition) is 0. The van der Waals surface area contributed by atoms with Crippen molar-refractivity contribution < 1.29 is 19.1 Å². The maximum atomic E-state index is 12.7. The molecule has 3 aromatic rings. The molecule has 0 N–H and O–H groups in total. The van der Waals surface area contributed by atoms with E-state index in [0.29, 0.717) is 16.2 Å². The van der Waals surface area contributed by atoms with E-state index in [2.05, 4.69) is 38.5 Å². The highest BCUT2D eigenvalue weighted by Gasteiger charge is 2.34. The van der Waals surface area contributed by atoms with Crippen LogP contribution < -0.4 is 4.74 Å². The van der Waals surface area contributed by atoms with Crippen molar-refractivity contribution in [3.8, 4) is 5.75 Å². The molecular formula is C24H15BrINO4S. The van der Waals surface area contributed by atoms with Gasteiger partial charge in [0.2, 0.25) is 0 Å². The Morgan fingerprint density at radius 1 is 1.03 bits per heavy atom. The third kappa shape index (κ3) is 5.48. The van der Waals surface area contributed by atoms with E-state index in [1.54, 1.807) is 48.5 Å². The van der Waals surface area contributed by atoms with Gasteiger partial charge < -0.3 is 4.74 Å². The maximum absolute atomic E-state index is 12.7. The molecule has 1 aliphatic rings. The third-order valence-corrected chi connectivity index (χ3v) is 6.70. The summed E-state index contributed by atoms with van der Waals surface area (Å²) in [4.78, 5) is 39.0. The highest BCUT2D eigenvalue weighted by molar-refractivity contribution is 14.1. The second-order valence-corrected chi connectivity index (χ2v) is 10.0. The Morgan fingerprint density at radius 2 is 1.75 bits per heavy atom. The van der Waals surface area contributed by atoms with E-state index < -0.39 is 5.97 Å². The Kier molecular flexibility index (Phi) is 7.12. The molecule has 0 aromatic heterocycles. The van der Waals surface area contributed by atoms with Crippen molar-refractivity contribution in [2.75, 3.05) is 0 Å². The van der Waals surface area contributed by atoms with E-state index in [4.69, 9.17) is 4.74 Å². The molecule has 1 saturated heterocycles. The topological polar surface area (TPSA) is 63.7 Å². The number of nitrogens with zero attached hydrogens (tertiary/aromatic N) is 1. The van der Waals surface area contributed by atoms with E-state index in [0.717, 1.165) is 30.9 Å². The zero-order chi connectivity index (χ0) is 22.7. The van der Waals surface area contributed by atoms with Crippen LogP contribution in [0.1, 0.15) is 21.5 Å². The van der Waals surface area contributed by atoms with E-state index >= 15 is 0 Å². The number of benzene rings is 3. The van der Waals surface area contributed by atoms with Gasteiger partial charge in [0.1, 0.15) is 5.75 Å². The summed E-state index contributed by atoms with van der Waals surface area (Å²) in [5.74, 6) is -0.390. The first kappa shape index (κ1) is 22.8. The van der Waals surface area contributed by atoms with Crippen LogP contribution in [0.2, 0.25) is 0 Å². The fourth-order valence-electron chi connectivity index (χ4n) is 2.97. The minimum atomic E-state index is -0.462. The molecule has 160 valence electrons. The number of hydrogen-bond acceptors (Lipinski definition) is 5. The van der Waals surface area contributed by atoms with Gasteiger partial charge in [0.05, 0.1) is 17.0 Å². The molecule has 0 aliphatic carbocycles. The van der Waals surface area contributed by atoms with Crippen LogP contribution in [0.4, 0.5) is 4.79 Å². The predicted octanol–water partition coefficient (Wildman–Crippen LogP) is 6.51. The lowest BCUT2D eigenvalue weighted by Gasteiger charge is -2.12. The molecule has 1 aliphatic heterocycles. The molecule has 0 unspecified atom stereocenters. The second-order valence-electron chi connectivity index (χ2n) is 6.86. The van der Waals surface area contributed by atoms with E-state index in [-0.39, 0.29) is 17.7 Å². The van der Waals surface area contributed by atoms with Gasteiger partial charge in [0.25, 0.3) is 11.1 Å². The summed E-state index contributed by atoms with van der Waals surface area (Å²) in [6.45, 7) is 0.240. The molecule has 0 atom stereocenters. The van der Waals surface area contributed by atoms with Crippen molar-refractivity contribution >= 4 is 73.5 Å². The van der Waals surface area contributed by atoms with Crippen LogP contribution in [0.5, 0.6) is 5.75 Å². The number of rotatable bonds is 5. The lowest BCUT2D eigenvalue weighted by Crippen LogP contribution is -2.27. The molecular weight excluding hydrogens is 605 g/mol. The molecule has 0 bridgehead atoms. The molecule has 32 heavy (non-hydrogen) atoms. The molecule has 1 fully saturated rings. The van der Waals surface area contributed by atoms with Gasteiger partial charge in [-0.25, -0.2) is 4.79 Å². The molecule has 1 heterocycles. The van der Waals surface area contributed by atoms with Crippen LogP contribution in [-0.2, 0) is 11.3 Å². The van der Waals surface area contributed by atoms with Gasteiger partial charge in [-0.05, 0) is 94.0 Å². The first-order chi connectivity index (χ1) is 15.4. The van der Waals surface area contributed by atoms with Gasteiger partial charge in [-0.15, -0.1) is 0 Å². The lowest BCUT2D eigenvalue weighted by molar-refractivity contribution is -0.123. The van der Waals surface area contributed by atoms with Crippen molar-refractivity contribution in [3.05, 3.63) is 102 Å². The van der Waals surface area contributed by atoms with Crippen LogP contribution in [0, 0.1) is 3.57 Å². The highest BCUT2D eigenvalue weighted by atomic mass is 127. The van der Waals surface area contributed by atoms with E-state index in [9.17, 15) is 14.4 Å². The fraction of sp³-hybridized carbons (Fsp3) is 0.0417. The third-order valence-electron chi connectivity index (χ3n) is 4.58. The largest absolute Gasteiger partial charge is 0.423 e. The highest BCUT2D eigenvalue weighted by Crippen LogP contribution is 2.33. The summed E-state index contributed by atoms with van der Waals surface area (Å²) in [5, 5.41) is -0.292. The Balaban J connectivity index is 1.43. The Morgan fingerprint density at radius 3 is 2.44 bits per heavy atom. The minimum Gasteiger partial charge on any atom is -0.423 e. The van der Waals surface area contributed by atoms with Crippen LogP contribution in [0.3, 0.4) is 0 Å². The normalized spacial score (nSPS) is 14.8. The minimum absolute atomic E-state index is 0.240. The Bertz CT molecular complexity index is 1230. The summed E-state index contributed by atoms with van der Waals surface area (Å²) >= 11 is 6.46. The summed E-state index contributed by atoms with van der Waals surface area (Å²) in [6.07, 6.45) is 1.67. The van der Waals surface area contributed by atoms with Crippen LogP contribution >= 0.6 is 50.3 Å². The Labute approximate surface area is 211 Å². The second kappa shape index (κ2) is 10.0. The van der Waals surface area contributed by atoms with E-state index in [1.165, 1.54) is 4.90 Å². The number of carbonyl (C=O) groups is 3. The SMILES string of the molecule is O=C(Oc1ccc(/C=C2\SC(=O)N(Cc3ccc(I)cc3)C2=O)cc1)c1cccc(Br)c1. The Hall–Kier alpha value is -2.43. The van der Waals surface area contributed by atoms with Crippen molar-refractivity contribution in [1.29, 1.82) is 0 Å². The lowest BCUT2D eigenvalue weighted by atomic mass is 10.2. The molecule has 8 heteroatoms. The standard InChI is InChI=1S/C24H15BrINO4S/c25-18-3-1-2-17(13-18)23(29)31-20-10-6-15(7-11-20)12-21-22(28)27(24(30)32-21)14-16-4-8-19(26)9-5-16/h1-13H,14H2/b21-12-. The van der Waals surface area contributed by atoms with Crippen LogP contribution in [-0.4, -0.2) is 22.0 Å². The first-order valence-electron chi connectivity index (χ1n) is 9.47. The number of carbonyl (C=O) groups excluding carboxylic acids is 3. The van der Waals surface area contributed by atoms with Gasteiger partial charge in [-0.2, -0.15) is 0 Å². The molecule has 0 spiro atoms. The number of thioether (sulfide) groups is 1. The summed E-state index contributed by atoms with van der Waals surface area (Å²) in [7, 11) is 0. The predicted molar refractivity (Wildman–Crippen MR) is 136 cm³/mol. The fourth-order valence-corrected chi connectivity index (χ4v) is 4.57. The quantitative estimate of drug-likeness (QED) is 0.141. The van der Waals surface area contributed by atoms with Crippen molar-refractivity contribution in [3.63, 3.8) is 0 Å². The van der Waals surface area contributed by atoms with Gasteiger partial charge >= 0.3 is 5.97 Å². The summed E-state index contributed by atoms with van der Waals surface area (Å²) in [5.41, 5.74) is 2.06. The first-order valence-corrected chi connectivity index (χ1v) is 12.2. The van der Waals surface area contributed by atoms with Crippen LogP contribution in [0.15, 0.2) is 82.2 Å². The van der Waals surface area contributed by atoms with Crippen molar-refractivity contribution in [2.45, 2.75) is 6.54 Å². The molecule has 4 rings (SSSR count). The van der Waals surface area contributed by atoms with Crippen molar-refractivity contribution in [2.24, 2.45) is 0 Å². The number of ether oxygens (including phenoxy) is 1. The molecule has 5 nitrogen and oxygen atoms in total. The zero-order valence-corrected chi connectivity index (χ0v) is 21.0. The van der Waals surface area contributed by atoms with Gasteiger partial charge in [-0.3, -0.25) is 14.5 Å². The van der Waals surface area contributed by atoms with Gasteiger partial charge in [-0.1, -0.05) is 46.3 Å². The molecule has 3 aromatic carbocycles. The summed E-state index contributed by atoms with van der Waals surface area (Å²) in [6, 6.07) is 21.4. The average Bonchev–Trinajstić information content (AvgIpc) is 3.04. The number of esters is 1. The van der Waals surface area contributed by atoms with Crippen molar-refractivity contribution in [1.82, 2.24) is 4.90 Å². The molecule has 2 amide bonds. The number of amides is 2. The smallest absolute Gasteiger partial charge is 0.343 e. The monoisotopic (exact) mass is 619 g/mol. The molecule has 0 saturated carbocycles. The average molecular weight is 620 g/mol. The zero-order valence-electron chi connectivity index (χ0n) is 16.5. The van der Waals surface area contributed by atoms with Gasteiger partial charge in [0.15, 0.2) is 0 Å². The van der Waals surface area contributed by atoms with Crippen LogP contribution in [0.25, 0.3) is 6.08 Å². The maximum Gasteiger partial charge on any atom is 0.343 e. The van der Waals surface area contributed by atoms with Gasteiger partial charge in [0, 0.05) is 8.04 Å². The summed E-state index contributed by atoms with van der Waals surface area (Å²) < 4.78 is 7.27. The number of imide groups is 1.